The van der Waals surface area contributed by atoms with E-state index in [1.165, 1.54) is 12.1 Å². The number of rotatable bonds is 6. The number of urea groups is 1. The van der Waals surface area contributed by atoms with Crippen molar-refractivity contribution in [2.75, 3.05) is 20.1 Å². The fourth-order valence-electron chi connectivity index (χ4n) is 2.47. The molecule has 22 heavy (non-hydrogen) atoms. The lowest BCUT2D eigenvalue weighted by Gasteiger charge is -2.22. The minimum absolute atomic E-state index is 0.175. The van der Waals surface area contributed by atoms with Crippen LogP contribution < -0.4 is 5.32 Å². The van der Waals surface area contributed by atoms with Crippen LogP contribution >= 0.6 is 11.6 Å². The fraction of sp³-hybridized carbons (Fsp3) is 0.562. The third kappa shape index (κ3) is 4.11. The first-order valence-corrected chi connectivity index (χ1v) is 7.84. The van der Waals surface area contributed by atoms with Gasteiger partial charge in [0.1, 0.15) is 5.82 Å². The van der Waals surface area contributed by atoms with E-state index in [-0.39, 0.29) is 17.3 Å². The molecule has 0 saturated heterocycles. The third-order valence-corrected chi connectivity index (χ3v) is 4.48. The molecule has 1 aromatic carbocycles. The van der Waals surface area contributed by atoms with Gasteiger partial charge in [0.25, 0.3) is 0 Å². The topological polar surface area (TPSA) is 52.6 Å². The zero-order valence-corrected chi connectivity index (χ0v) is 13.7. The number of aliphatic hydroxyl groups is 1. The average molecular weight is 329 g/mol. The molecular formula is C16H22ClFN2O2. The first-order valence-electron chi connectivity index (χ1n) is 7.47. The molecule has 1 unspecified atom stereocenters. The second kappa shape index (κ2) is 6.84. The zero-order valence-electron chi connectivity index (χ0n) is 12.9. The Morgan fingerprint density at radius 1 is 1.55 bits per heavy atom. The van der Waals surface area contributed by atoms with E-state index in [2.05, 4.69) is 5.32 Å². The van der Waals surface area contributed by atoms with Crippen LogP contribution in [0, 0.1) is 5.82 Å². The van der Waals surface area contributed by atoms with Crippen LogP contribution in [-0.4, -0.2) is 42.3 Å². The van der Waals surface area contributed by atoms with Crippen molar-refractivity contribution in [1.82, 2.24) is 10.2 Å². The number of hydrogen-bond acceptors (Lipinski definition) is 2. The normalized spacial score (nSPS) is 17.0. The second-order valence-electron chi connectivity index (χ2n) is 6.12. The minimum atomic E-state index is -0.428. The lowest BCUT2D eigenvalue weighted by molar-refractivity contribution is 0.163. The summed E-state index contributed by atoms with van der Waals surface area (Å²) in [6.07, 6.45) is 1.97. The Hall–Kier alpha value is -1.33. The van der Waals surface area contributed by atoms with Crippen molar-refractivity contribution in [3.05, 3.63) is 34.6 Å². The summed E-state index contributed by atoms with van der Waals surface area (Å²) in [7, 11) is 1.70. The molecule has 1 fully saturated rings. The molecule has 0 heterocycles. The first kappa shape index (κ1) is 17.0. The van der Waals surface area contributed by atoms with Gasteiger partial charge in [0.05, 0.1) is 6.10 Å². The number of halogens is 2. The lowest BCUT2D eigenvalue weighted by atomic mass is 9.96. The number of carbonyl (C=O) groups is 1. The lowest BCUT2D eigenvalue weighted by Crippen LogP contribution is -2.41. The van der Waals surface area contributed by atoms with Gasteiger partial charge in [0, 0.05) is 30.6 Å². The van der Waals surface area contributed by atoms with Gasteiger partial charge >= 0.3 is 6.03 Å². The van der Waals surface area contributed by atoms with Gasteiger partial charge in [0.2, 0.25) is 0 Å². The highest BCUT2D eigenvalue weighted by Gasteiger charge is 2.45. The number of benzene rings is 1. The molecule has 122 valence electrons. The van der Waals surface area contributed by atoms with Crippen molar-refractivity contribution < 1.29 is 14.3 Å². The Balaban J connectivity index is 1.92. The van der Waals surface area contributed by atoms with Gasteiger partial charge in [-0.15, -0.1) is 0 Å². The van der Waals surface area contributed by atoms with E-state index in [0.29, 0.717) is 24.5 Å². The Labute approximate surface area is 135 Å². The van der Waals surface area contributed by atoms with Gasteiger partial charge in [-0.3, -0.25) is 0 Å². The van der Waals surface area contributed by atoms with Gasteiger partial charge in [0.15, 0.2) is 0 Å². The molecule has 0 bridgehead atoms. The summed E-state index contributed by atoms with van der Waals surface area (Å²) < 4.78 is 13.1. The first-order chi connectivity index (χ1) is 10.3. The molecule has 1 aliphatic carbocycles. The zero-order chi connectivity index (χ0) is 16.3. The Morgan fingerprint density at radius 3 is 2.77 bits per heavy atom. The van der Waals surface area contributed by atoms with Gasteiger partial charge < -0.3 is 15.3 Å². The van der Waals surface area contributed by atoms with Crippen molar-refractivity contribution in [2.24, 2.45) is 0 Å². The van der Waals surface area contributed by atoms with Gasteiger partial charge in [-0.2, -0.15) is 0 Å². The highest BCUT2D eigenvalue weighted by atomic mass is 35.5. The molecule has 2 N–H and O–H groups in total. The van der Waals surface area contributed by atoms with E-state index in [4.69, 9.17) is 11.6 Å². The van der Waals surface area contributed by atoms with Crippen molar-refractivity contribution >= 4 is 17.6 Å². The SMILES string of the molecule is CC(O)CCN(C)C(=O)NCC1(c2ccc(F)cc2Cl)CC1. The van der Waals surface area contributed by atoms with Crippen LogP contribution in [0.1, 0.15) is 31.7 Å². The second-order valence-corrected chi connectivity index (χ2v) is 6.53. The fourth-order valence-corrected chi connectivity index (χ4v) is 2.84. The van der Waals surface area contributed by atoms with Gasteiger partial charge in [-0.1, -0.05) is 17.7 Å². The van der Waals surface area contributed by atoms with Crippen LogP contribution in [0.15, 0.2) is 18.2 Å². The molecular weight excluding hydrogens is 307 g/mol. The molecule has 0 radical (unpaired) electrons. The summed E-state index contributed by atoms with van der Waals surface area (Å²) in [5, 5.41) is 12.6. The molecule has 1 atom stereocenters. The molecule has 1 aliphatic rings. The monoisotopic (exact) mass is 328 g/mol. The molecule has 2 amide bonds. The summed E-state index contributed by atoms with van der Waals surface area (Å²) >= 11 is 6.13. The summed E-state index contributed by atoms with van der Waals surface area (Å²) in [4.78, 5) is 13.6. The van der Waals surface area contributed by atoms with Crippen molar-refractivity contribution in [1.29, 1.82) is 0 Å². The van der Waals surface area contributed by atoms with E-state index in [1.807, 2.05) is 0 Å². The molecule has 0 spiro atoms. The Morgan fingerprint density at radius 2 is 2.23 bits per heavy atom. The molecule has 0 aliphatic heterocycles. The van der Waals surface area contributed by atoms with E-state index < -0.39 is 6.10 Å². The smallest absolute Gasteiger partial charge is 0.317 e. The molecule has 1 saturated carbocycles. The summed E-state index contributed by atoms with van der Waals surface area (Å²) in [6, 6.07) is 4.24. The predicted molar refractivity (Wildman–Crippen MR) is 84.6 cm³/mol. The van der Waals surface area contributed by atoms with E-state index in [9.17, 15) is 14.3 Å². The van der Waals surface area contributed by atoms with Crippen LogP contribution in [0.4, 0.5) is 9.18 Å². The molecule has 4 nitrogen and oxygen atoms in total. The number of nitrogens with one attached hydrogen (secondary N) is 1. The molecule has 6 heteroatoms. The molecule has 2 rings (SSSR count). The predicted octanol–water partition coefficient (Wildman–Crippen LogP) is 2.92. The van der Waals surface area contributed by atoms with E-state index in [1.54, 1.807) is 24.9 Å². The summed E-state index contributed by atoms with van der Waals surface area (Å²) in [5.74, 6) is -0.355. The van der Waals surface area contributed by atoms with Crippen molar-refractivity contribution in [3.63, 3.8) is 0 Å². The van der Waals surface area contributed by atoms with Crippen molar-refractivity contribution in [2.45, 2.75) is 37.7 Å². The van der Waals surface area contributed by atoms with Crippen LogP contribution in [0.5, 0.6) is 0 Å². The summed E-state index contributed by atoms with van der Waals surface area (Å²) in [6.45, 7) is 2.67. The number of aliphatic hydroxyl groups excluding tert-OH is 1. The Bertz CT molecular complexity index is 547. The standard InChI is InChI=1S/C16H22ClFN2O2/c1-11(21)5-8-20(2)15(22)19-10-16(6-7-16)13-4-3-12(18)9-14(13)17/h3-4,9,11,21H,5-8,10H2,1-2H3,(H,19,22). The van der Waals surface area contributed by atoms with E-state index in [0.717, 1.165) is 18.4 Å². The largest absolute Gasteiger partial charge is 0.393 e. The van der Waals surface area contributed by atoms with E-state index >= 15 is 0 Å². The minimum Gasteiger partial charge on any atom is -0.393 e. The van der Waals surface area contributed by atoms with Crippen LogP contribution in [0.3, 0.4) is 0 Å². The van der Waals surface area contributed by atoms with Gasteiger partial charge in [-0.25, -0.2) is 9.18 Å². The maximum absolute atomic E-state index is 13.1. The average Bonchev–Trinajstić information content (AvgIpc) is 3.23. The highest BCUT2D eigenvalue weighted by molar-refractivity contribution is 6.31. The van der Waals surface area contributed by atoms with Crippen LogP contribution in [0.25, 0.3) is 0 Å². The number of carbonyl (C=O) groups excluding carboxylic acids is 1. The molecule has 0 aromatic heterocycles. The quantitative estimate of drug-likeness (QED) is 0.843. The highest BCUT2D eigenvalue weighted by Crippen LogP contribution is 2.50. The van der Waals surface area contributed by atoms with Crippen molar-refractivity contribution in [3.8, 4) is 0 Å². The molecule has 1 aromatic rings. The van der Waals surface area contributed by atoms with Gasteiger partial charge in [-0.05, 0) is 43.9 Å². The Kier molecular flexibility index (Phi) is 5.29. The number of nitrogens with zero attached hydrogens (tertiary/aromatic N) is 1. The third-order valence-electron chi connectivity index (χ3n) is 4.16. The van der Waals surface area contributed by atoms with Crippen LogP contribution in [-0.2, 0) is 5.41 Å². The van der Waals surface area contributed by atoms with Crippen LogP contribution in [0.2, 0.25) is 5.02 Å². The summed E-state index contributed by atoms with van der Waals surface area (Å²) in [5.41, 5.74) is 0.716. The number of amides is 2. The number of hydrogen-bond donors (Lipinski definition) is 2. The maximum Gasteiger partial charge on any atom is 0.317 e. The maximum atomic E-state index is 13.1.